The molecule has 0 unspecified atom stereocenters. The van der Waals surface area contributed by atoms with Crippen LogP contribution in [0.25, 0.3) is 6.08 Å². The van der Waals surface area contributed by atoms with E-state index in [0.29, 0.717) is 22.3 Å². The van der Waals surface area contributed by atoms with Gasteiger partial charge in [0.15, 0.2) is 5.78 Å². The lowest BCUT2D eigenvalue weighted by molar-refractivity contribution is 0.104. The van der Waals surface area contributed by atoms with E-state index in [1.165, 1.54) is 17.8 Å². The Labute approximate surface area is 137 Å². The topological polar surface area (TPSA) is 35.5 Å². The summed E-state index contributed by atoms with van der Waals surface area (Å²) < 4.78 is 10.8. The van der Waals surface area contributed by atoms with Gasteiger partial charge in [0.1, 0.15) is 17.4 Å². The molecule has 0 aromatic heterocycles. The Morgan fingerprint density at radius 3 is 3.00 bits per heavy atom. The molecule has 0 N–H and O–H groups in total. The van der Waals surface area contributed by atoms with Gasteiger partial charge in [0, 0.05) is 5.02 Å². The van der Waals surface area contributed by atoms with E-state index in [4.69, 9.17) is 21.1 Å². The zero-order valence-corrected chi connectivity index (χ0v) is 13.4. The first kappa shape index (κ1) is 15.0. The number of ether oxygens (including phenoxy) is 2. The molecular weight excluding hydrogens is 320 g/mol. The third kappa shape index (κ3) is 2.98. The molecule has 0 bridgehead atoms. The van der Waals surface area contributed by atoms with Gasteiger partial charge in [-0.15, -0.1) is 0 Å². The van der Waals surface area contributed by atoms with Gasteiger partial charge in [-0.1, -0.05) is 41.6 Å². The van der Waals surface area contributed by atoms with Crippen molar-refractivity contribution in [2.75, 3.05) is 13.0 Å². The lowest BCUT2D eigenvalue weighted by atomic mass is 10.1. The predicted molar refractivity (Wildman–Crippen MR) is 89.2 cm³/mol. The van der Waals surface area contributed by atoms with Gasteiger partial charge in [-0.3, -0.25) is 4.79 Å². The maximum Gasteiger partial charge on any atom is 0.190 e. The van der Waals surface area contributed by atoms with Crippen LogP contribution in [0.4, 0.5) is 0 Å². The third-order valence-corrected chi connectivity index (χ3v) is 4.41. The highest BCUT2D eigenvalue weighted by Gasteiger charge is 2.24. The SMILES string of the molecule is COc1ccc2c(c1C(=O)C=Cc1cccc(Cl)c1)SCO2. The minimum absolute atomic E-state index is 0.119. The second kappa shape index (κ2) is 6.46. The summed E-state index contributed by atoms with van der Waals surface area (Å²) in [5.41, 5.74) is 1.41. The average molecular weight is 333 g/mol. The second-order valence-electron chi connectivity index (χ2n) is 4.63. The van der Waals surface area contributed by atoms with Crippen LogP contribution in [0, 0.1) is 0 Å². The number of ketones is 1. The molecular formula is C17H13ClO3S. The molecule has 1 aliphatic rings. The molecule has 1 heterocycles. The first-order chi connectivity index (χ1) is 10.7. The molecule has 2 aromatic rings. The maximum atomic E-state index is 12.6. The van der Waals surface area contributed by atoms with Crippen LogP contribution in [0.5, 0.6) is 11.5 Å². The number of hydrogen-bond donors (Lipinski definition) is 0. The number of thioether (sulfide) groups is 1. The fourth-order valence-corrected chi connectivity index (χ4v) is 3.34. The molecule has 0 saturated carbocycles. The Morgan fingerprint density at radius 2 is 2.23 bits per heavy atom. The molecule has 0 amide bonds. The van der Waals surface area contributed by atoms with Gasteiger partial charge in [-0.25, -0.2) is 0 Å². The van der Waals surface area contributed by atoms with E-state index in [0.717, 1.165) is 16.2 Å². The van der Waals surface area contributed by atoms with Crippen LogP contribution in [0.15, 0.2) is 47.4 Å². The molecule has 112 valence electrons. The van der Waals surface area contributed by atoms with Crippen LogP contribution in [0.1, 0.15) is 15.9 Å². The average Bonchev–Trinajstić information content (AvgIpc) is 3.00. The molecule has 5 heteroatoms. The highest BCUT2D eigenvalue weighted by atomic mass is 35.5. The monoisotopic (exact) mass is 332 g/mol. The fraction of sp³-hybridized carbons (Fsp3) is 0.118. The van der Waals surface area contributed by atoms with Gasteiger partial charge >= 0.3 is 0 Å². The third-order valence-electron chi connectivity index (χ3n) is 3.24. The summed E-state index contributed by atoms with van der Waals surface area (Å²) in [6.07, 6.45) is 3.27. The van der Waals surface area contributed by atoms with Crippen molar-refractivity contribution in [2.45, 2.75) is 4.90 Å². The van der Waals surface area contributed by atoms with Crippen molar-refractivity contribution in [1.82, 2.24) is 0 Å². The van der Waals surface area contributed by atoms with Crippen molar-refractivity contribution in [2.24, 2.45) is 0 Å². The van der Waals surface area contributed by atoms with Gasteiger partial charge in [-0.05, 0) is 35.9 Å². The predicted octanol–water partition coefficient (Wildman–Crippen LogP) is 4.69. The highest BCUT2D eigenvalue weighted by molar-refractivity contribution is 7.99. The molecule has 0 atom stereocenters. The summed E-state index contributed by atoms with van der Waals surface area (Å²) >= 11 is 7.44. The molecule has 22 heavy (non-hydrogen) atoms. The summed E-state index contributed by atoms with van der Waals surface area (Å²) in [4.78, 5) is 13.4. The largest absolute Gasteiger partial charge is 0.496 e. The van der Waals surface area contributed by atoms with Crippen LogP contribution in [-0.4, -0.2) is 18.8 Å². The Kier molecular flexibility index (Phi) is 4.41. The van der Waals surface area contributed by atoms with Gasteiger partial charge < -0.3 is 9.47 Å². The Bertz CT molecular complexity index is 756. The first-order valence-corrected chi connectivity index (χ1v) is 8.00. The summed E-state index contributed by atoms with van der Waals surface area (Å²) in [5.74, 6) is 1.68. The molecule has 0 fully saturated rings. The lowest BCUT2D eigenvalue weighted by Crippen LogP contribution is -2.01. The highest BCUT2D eigenvalue weighted by Crippen LogP contribution is 2.43. The normalized spacial score (nSPS) is 13.0. The van der Waals surface area contributed by atoms with Gasteiger partial charge in [-0.2, -0.15) is 0 Å². The second-order valence-corrected chi connectivity index (χ2v) is 6.00. The van der Waals surface area contributed by atoms with E-state index in [1.807, 2.05) is 18.2 Å². The molecule has 0 aliphatic carbocycles. The molecule has 3 rings (SSSR count). The Balaban J connectivity index is 1.94. The van der Waals surface area contributed by atoms with Crippen LogP contribution in [0.2, 0.25) is 5.02 Å². The van der Waals surface area contributed by atoms with Crippen LogP contribution in [-0.2, 0) is 0 Å². The number of allylic oxidation sites excluding steroid dienone is 1. The molecule has 3 nitrogen and oxygen atoms in total. The molecule has 2 aromatic carbocycles. The Hall–Kier alpha value is -1.91. The van der Waals surface area contributed by atoms with E-state index < -0.39 is 0 Å². The van der Waals surface area contributed by atoms with Crippen molar-refractivity contribution < 1.29 is 14.3 Å². The smallest absolute Gasteiger partial charge is 0.190 e. The van der Waals surface area contributed by atoms with Gasteiger partial charge in [0.05, 0.1) is 17.6 Å². The van der Waals surface area contributed by atoms with Crippen molar-refractivity contribution in [3.63, 3.8) is 0 Å². The quantitative estimate of drug-likeness (QED) is 0.601. The molecule has 1 aliphatic heterocycles. The van der Waals surface area contributed by atoms with Crippen molar-refractivity contribution >= 4 is 35.2 Å². The van der Waals surface area contributed by atoms with Crippen LogP contribution < -0.4 is 9.47 Å². The standard InChI is InChI=1S/C17H13ClO3S/c1-20-14-7-8-15-17(22-10-21-15)16(14)13(19)6-5-11-3-2-4-12(18)9-11/h2-9H,10H2,1H3. The number of carbonyl (C=O) groups excluding carboxylic acids is 1. The van der Waals surface area contributed by atoms with Crippen molar-refractivity contribution in [3.05, 3.63) is 58.6 Å². The molecule has 0 saturated heterocycles. The number of carbonyl (C=O) groups is 1. The van der Waals surface area contributed by atoms with Crippen molar-refractivity contribution in [3.8, 4) is 11.5 Å². The number of methoxy groups -OCH3 is 1. The Morgan fingerprint density at radius 1 is 1.36 bits per heavy atom. The minimum atomic E-state index is -0.119. The van der Waals surface area contributed by atoms with E-state index in [2.05, 4.69) is 0 Å². The zero-order valence-electron chi connectivity index (χ0n) is 11.8. The number of rotatable bonds is 4. The number of benzene rings is 2. The number of fused-ring (bicyclic) bond motifs is 1. The van der Waals surface area contributed by atoms with E-state index in [9.17, 15) is 4.79 Å². The van der Waals surface area contributed by atoms with Crippen LogP contribution >= 0.6 is 23.4 Å². The van der Waals surface area contributed by atoms with E-state index >= 15 is 0 Å². The zero-order chi connectivity index (χ0) is 15.5. The number of halogens is 1. The van der Waals surface area contributed by atoms with Gasteiger partial charge in [0.25, 0.3) is 0 Å². The summed E-state index contributed by atoms with van der Waals surface area (Å²) in [6.45, 7) is 0. The van der Waals surface area contributed by atoms with E-state index in [1.54, 1.807) is 31.4 Å². The minimum Gasteiger partial charge on any atom is -0.496 e. The number of hydrogen-bond acceptors (Lipinski definition) is 4. The van der Waals surface area contributed by atoms with Crippen molar-refractivity contribution in [1.29, 1.82) is 0 Å². The first-order valence-electron chi connectivity index (χ1n) is 6.63. The molecule has 0 spiro atoms. The van der Waals surface area contributed by atoms with Gasteiger partial charge in [0.2, 0.25) is 0 Å². The maximum absolute atomic E-state index is 12.6. The summed E-state index contributed by atoms with van der Waals surface area (Å²) in [6, 6.07) is 10.9. The fourth-order valence-electron chi connectivity index (χ4n) is 2.22. The summed E-state index contributed by atoms with van der Waals surface area (Å²) in [7, 11) is 1.56. The van der Waals surface area contributed by atoms with E-state index in [-0.39, 0.29) is 5.78 Å². The summed E-state index contributed by atoms with van der Waals surface area (Å²) in [5, 5.41) is 0.636. The lowest BCUT2D eigenvalue weighted by Gasteiger charge is -2.09. The molecule has 0 radical (unpaired) electrons. The van der Waals surface area contributed by atoms with Crippen LogP contribution in [0.3, 0.4) is 0 Å².